The minimum absolute atomic E-state index is 0.380. The molecule has 0 bridgehead atoms. The van der Waals surface area contributed by atoms with Gasteiger partial charge in [-0.2, -0.15) is 11.8 Å². The molecule has 0 saturated carbocycles. The van der Waals surface area contributed by atoms with Gasteiger partial charge in [0.05, 0.1) is 6.10 Å². The molecule has 1 fully saturated rings. The smallest absolute Gasteiger partial charge is 0.0772 e. The molecule has 1 heterocycles. The van der Waals surface area contributed by atoms with Gasteiger partial charge < -0.3 is 10.0 Å². The highest BCUT2D eigenvalue weighted by atomic mass is 79.9. The number of aliphatic hydroxyl groups excluding tert-OH is 1. The van der Waals surface area contributed by atoms with E-state index in [9.17, 15) is 5.11 Å². The molecule has 0 spiro atoms. The number of aliphatic hydroxyl groups is 1. The van der Waals surface area contributed by atoms with Crippen LogP contribution < -0.4 is 4.90 Å². The van der Waals surface area contributed by atoms with Gasteiger partial charge in [0.25, 0.3) is 0 Å². The highest BCUT2D eigenvalue weighted by Gasteiger charge is 2.24. The maximum absolute atomic E-state index is 9.67. The van der Waals surface area contributed by atoms with Crippen molar-refractivity contribution in [2.75, 3.05) is 23.7 Å². The highest BCUT2D eigenvalue weighted by molar-refractivity contribution is 9.10. The summed E-state index contributed by atoms with van der Waals surface area (Å²) < 4.78 is 1.38. The number of hydrogen-bond acceptors (Lipinski definition) is 3. The van der Waals surface area contributed by atoms with Crippen LogP contribution in [-0.4, -0.2) is 28.7 Å². The van der Waals surface area contributed by atoms with E-state index in [-0.39, 0.29) is 0 Å². The first-order chi connectivity index (χ1) is 8.89. The number of nitrogens with zero attached hydrogens (tertiary/aromatic N) is 1. The molecule has 19 heavy (non-hydrogen) atoms. The van der Waals surface area contributed by atoms with E-state index < -0.39 is 6.10 Å². The van der Waals surface area contributed by atoms with E-state index in [1.807, 2.05) is 6.07 Å². The van der Waals surface area contributed by atoms with Crippen molar-refractivity contribution < 1.29 is 5.11 Å². The predicted molar refractivity (Wildman–Crippen MR) is 88.1 cm³/mol. The van der Waals surface area contributed by atoms with Gasteiger partial charge in [0.15, 0.2) is 0 Å². The Balaban J connectivity index is 2.16. The molecule has 0 aliphatic carbocycles. The van der Waals surface area contributed by atoms with Crippen LogP contribution in [0.5, 0.6) is 0 Å². The van der Waals surface area contributed by atoms with Gasteiger partial charge in [0, 0.05) is 33.7 Å². The van der Waals surface area contributed by atoms with Crippen molar-refractivity contribution in [2.24, 2.45) is 0 Å². The van der Waals surface area contributed by atoms with Crippen molar-refractivity contribution in [3.05, 3.63) is 28.2 Å². The van der Waals surface area contributed by atoms with E-state index >= 15 is 0 Å². The Kier molecular flexibility index (Phi) is 4.85. The second-order valence-electron chi connectivity index (χ2n) is 5.73. The maximum Gasteiger partial charge on any atom is 0.0772 e. The lowest BCUT2D eigenvalue weighted by Gasteiger charge is -2.25. The van der Waals surface area contributed by atoms with Crippen LogP contribution in [0.3, 0.4) is 0 Å². The molecule has 0 amide bonds. The van der Waals surface area contributed by atoms with Gasteiger partial charge in [-0.15, -0.1) is 0 Å². The molecule has 1 aromatic carbocycles. The number of benzene rings is 1. The highest BCUT2D eigenvalue weighted by Crippen LogP contribution is 2.34. The van der Waals surface area contributed by atoms with E-state index in [1.54, 1.807) is 6.92 Å². The maximum atomic E-state index is 9.67. The number of anilines is 1. The Morgan fingerprint density at radius 3 is 2.74 bits per heavy atom. The fourth-order valence-electron chi connectivity index (χ4n) is 2.33. The van der Waals surface area contributed by atoms with Crippen LogP contribution >= 0.6 is 27.7 Å². The molecule has 1 atom stereocenters. The van der Waals surface area contributed by atoms with Crippen molar-refractivity contribution >= 4 is 33.4 Å². The number of hydrogen-bond donors (Lipinski definition) is 1. The zero-order valence-corrected chi connectivity index (χ0v) is 14.2. The third-order valence-corrected chi connectivity index (χ3v) is 5.70. The third kappa shape index (κ3) is 3.89. The molecule has 4 heteroatoms. The van der Waals surface area contributed by atoms with E-state index in [0.29, 0.717) is 4.75 Å². The lowest BCUT2D eigenvalue weighted by atomic mass is 10.1. The summed E-state index contributed by atoms with van der Waals surface area (Å²) in [6.45, 7) is 8.64. The summed E-state index contributed by atoms with van der Waals surface area (Å²) >= 11 is 5.62. The van der Waals surface area contributed by atoms with Crippen LogP contribution in [-0.2, 0) is 0 Å². The summed E-state index contributed by atoms with van der Waals surface area (Å²) in [4.78, 5) is 2.44. The van der Waals surface area contributed by atoms with E-state index in [1.165, 1.54) is 17.9 Å². The monoisotopic (exact) mass is 343 g/mol. The lowest BCUT2D eigenvalue weighted by Crippen LogP contribution is -2.26. The van der Waals surface area contributed by atoms with Gasteiger partial charge >= 0.3 is 0 Å². The number of thioether (sulfide) groups is 1. The predicted octanol–water partition coefficient (Wildman–Crippen LogP) is 4.22. The van der Waals surface area contributed by atoms with Crippen molar-refractivity contribution in [1.82, 2.24) is 0 Å². The lowest BCUT2D eigenvalue weighted by molar-refractivity contribution is 0.198. The van der Waals surface area contributed by atoms with Gasteiger partial charge in [-0.1, -0.05) is 35.8 Å². The van der Waals surface area contributed by atoms with Gasteiger partial charge in [-0.25, -0.2) is 0 Å². The van der Waals surface area contributed by atoms with Crippen molar-refractivity contribution in [3.63, 3.8) is 0 Å². The van der Waals surface area contributed by atoms with Crippen molar-refractivity contribution in [3.8, 4) is 0 Å². The second kappa shape index (κ2) is 6.06. The van der Waals surface area contributed by atoms with Gasteiger partial charge in [0.1, 0.15) is 0 Å². The minimum Gasteiger partial charge on any atom is -0.389 e. The zero-order chi connectivity index (χ0) is 14.0. The summed E-state index contributed by atoms with van der Waals surface area (Å²) in [5.74, 6) is 1.17. The van der Waals surface area contributed by atoms with Crippen molar-refractivity contribution in [2.45, 2.75) is 38.0 Å². The minimum atomic E-state index is -0.429. The molecule has 2 rings (SSSR count). The van der Waals surface area contributed by atoms with Gasteiger partial charge in [-0.3, -0.25) is 0 Å². The molecular formula is C15H22BrNOS. The molecule has 1 aliphatic heterocycles. The molecule has 1 N–H and O–H groups in total. The summed E-state index contributed by atoms with van der Waals surface area (Å²) in [7, 11) is 0. The Hall–Kier alpha value is -0.190. The fraction of sp³-hybridized carbons (Fsp3) is 0.600. The number of rotatable bonds is 2. The fourth-order valence-corrected chi connectivity index (χ4v) is 4.13. The SMILES string of the molecule is C[C@@H](O)c1ccc(N2CCSC(C)(C)CC2)cc1Br. The van der Waals surface area contributed by atoms with Crippen LogP contribution in [0.1, 0.15) is 38.9 Å². The first-order valence-electron chi connectivity index (χ1n) is 6.75. The number of halogens is 1. The standard InChI is InChI=1S/C15H22BrNOS/c1-11(18)13-5-4-12(10-14(13)16)17-7-6-15(2,3)19-9-8-17/h4-5,10-11,18H,6-9H2,1-3H3/t11-/m1/s1. The summed E-state index contributed by atoms with van der Waals surface area (Å²) in [5, 5.41) is 9.67. The average Bonchev–Trinajstić information content (AvgIpc) is 2.49. The summed E-state index contributed by atoms with van der Waals surface area (Å²) in [6.07, 6.45) is 0.773. The summed E-state index contributed by atoms with van der Waals surface area (Å²) in [5.41, 5.74) is 2.20. The topological polar surface area (TPSA) is 23.5 Å². The Bertz CT molecular complexity index is 448. The zero-order valence-electron chi connectivity index (χ0n) is 11.8. The molecule has 106 valence electrons. The van der Waals surface area contributed by atoms with Crippen LogP contribution in [0, 0.1) is 0 Å². The first-order valence-corrected chi connectivity index (χ1v) is 8.53. The molecule has 1 aliphatic rings. The molecule has 0 unspecified atom stereocenters. The third-order valence-electron chi connectivity index (χ3n) is 3.64. The Morgan fingerprint density at radius 2 is 2.11 bits per heavy atom. The molecule has 1 saturated heterocycles. The molecule has 2 nitrogen and oxygen atoms in total. The van der Waals surface area contributed by atoms with Crippen LogP contribution in [0.15, 0.2) is 22.7 Å². The van der Waals surface area contributed by atoms with E-state index in [4.69, 9.17) is 0 Å². The molecule has 0 radical (unpaired) electrons. The summed E-state index contributed by atoms with van der Waals surface area (Å²) in [6, 6.07) is 6.27. The van der Waals surface area contributed by atoms with Gasteiger partial charge in [-0.05, 0) is 31.0 Å². The van der Waals surface area contributed by atoms with Gasteiger partial charge in [0.2, 0.25) is 0 Å². The Labute approximate surface area is 128 Å². The first kappa shape index (κ1) is 15.2. The van der Waals surface area contributed by atoms with Crippen LogP contribution in [0.4, 0.5) is 5.69 Å². The van der Waals surface area contributed by atoms with Crippen LogP contribution in [0.25, 0.3) is 0 Å². The second-order valence-corrected chi connectivity index (χ2v) is 8.38. The van der Waals surface area contributed by atoms with E-state index in [2.05, 4.69) is 58.6 Å². The average molecular weight is 344 g/mol. The Morgan fingerprint density at radius 1 is 1.37 bits per heavy atom. The largest absolute Gasteiger partial charge is 0.389 e. The molecule has 0 aromatic heterocycles. The van der Waals surface area contributed by atoms with E-state index in [0.717, 1.165) is 23.1 Å². The van der Waals surface area contributed by atoms with Crippen LogP contribution in [0.2, 0.25) is 0 Å². The molecular weight excluding hydrogens is 322 g/mol. The van der Waals surface area contributed by atoms with Crippen molar-refractivity contribution in [1.29, 1.82) is 0 Å². The molecule has 1 aromatic rings. The quantitative estimate of drug-likeness (QED) is 0.869. The normalized spacial score (nSPS) is 21.0.